The van der Waals surface area contributed by atoms with Crippen LogP contribution in [-0.4, -0.2) is 19.3 Å². The van der Waals surface area contributed by atoms with Gasteiger partial charge < -0.3 is 0 Å². The first-order valence-electron chi connectivity index (χ1n) is 9.25. The number of benzene rings is 2. The molecule has 0 fully saturated rings. The molecule has 1 heterocycles. The van der Waals surface area contributed by atoms with Crippen molar-refractivity contribution in [3.05, 3.63) is 77.0 Å². The lowest BCUT2D eigenvalue weighted by Crippen LogP contribution is -2.26. The predicted molar refractivity (Wildman–Crippen MR) is 106 cm³/mol. The summed E-state index contributed by atoms with van der Waals surface area (Å²) in [5, 5.41) is 0. The summed E-state index contributed by atoms with van der Waals surface area (Å²) in [5.41, 5.74) is 4.94. The Labute approximate surface area is 157 Å². The van der Waals surface area contributed by atoms with Gasteiger partial charge in [0.25, 0.3) is 10.0 Å². The molecule has 0 amide bonds. The van der Waals surface area contributed by atoms with Gasteiger partial charge in [-0.2, -0.15) is 0 Å². The van der Waals surface area contributed by atoms with Crippen molar-refractivity contribution in [2.75, 3.05) is 6.54 Å². The van der Waals surface area contributed by atoms with Gasteiger partial charge in [0.2, 0.25) is 0 Å². The van der Waals surface area contributed by atoms with E-state index in [1.54, 1.807) is 16.4 Å². The Hall–Kier alpha value is -2.07. The first-order chi connectivity index (χ1) is 12.4. The molecule has 3 rings (SSSR count). The lowest BCUT2D eigenvalue weighted by molar-refractivity contribution is 0.459. The van der Waals surface area contributed by atoms with Crippen molar-refractivity contribution in [1.29, 1.82) is 0 Å². The highest BCUT2D eigenvalue weighted by Crippen LogP contribution is 2.32. The van der Waals surface area contributed by atoms with Crippen LogP contribution in [0.5, 0.6) is 0 Å². The Bertz CT molecular complexity index is 898. The standard InChI is InChI=1S/C22H27NO2S/c1-4-19-15-23(26(24,25)22-13-9-17(2)10-14-22)16-21(19)12-11-20-8-6-5-7-18(20)3/h5-10,13-15,21H,4,11-12,16H2,1-3H3. The van der Waals surface area contributed by atoms with Crippen molar-refractivity contribution in [2.24, 2.45) is 5.92 Å². The maximum absolute atomic E-state index is 13.0. The Kier molecular flexibility index (Phi) is 5.52. The van der Waals surface area contributed by atoms with E-state index in [2.05, 4.69) is 38.1 Å². The first kappa shape index (κ1) is 18.7. The third-order valence-electron chi connectivity index (χ3n) is 5.29. The number of nitrogens with zero attached hydrogens (tertiary/aromatic N) is 1. The zero-order valence-electron chi connectivity index (χ0n) is 15.8. The molecule has 0 saturated heterocycles. The molecule has 1 atom stereocenters. The van der Waals surface area contributed by atoms with Crippen molar-refractivity contribution >= 4 is 10.0 Å². The first-order valence-corrected chi connectivity index (χ1v) is 10.7. The van der Waals surface area contributed by atoms with E-state index in [1.165, 1.54) is 16.7 Å². The van der Waals surface area contributed by atoms with Crippen LogP contribution in [0.2, 0.25) is 0 Å². The number of hydrogen-bond donors (Lipinski definition) is 0. The molecule has 0 radical (unpaired) electrons. The highest BCUT2D eigenvalue weighted by Gasteiger charge is 2.31. The Morgan fingerprint density at radius 1 is 1.04 bits per heavy atom. The molecule has 26 heavy (non-hydrogen) atoms. The largest absolute Gasteiger partial charge is 0.273 e. The van der Waals surface area contributed by atoms with Crippen LogP contribution in [0.25, 0.3) is 0 Å². The third-order valence-corrected chi connectivity index (χ3v) is 7.03. The van der Waals surface area contributed by atoms with Crippen LogP contribution < -0.4 is 0 Å². The molecule has 1 aliphatic heterocycles. The molecule has 0 aliphatic carbocycles. The monoisotopic (exact) mass is 369 g/mol. The lowest BCUT2D eigenvalue weighted by atomic mass is 9.92. The smallest absolute Gasteiger partial charge is 0.263 e. The van der Waals surface area contributed by atoms with Gasteiger partial charge in [0.05, 0.1) is 4.90 Å². The van der Waals surface area contributed by atoms with Crippen LogP contribution >= 0.6 is 0 Å². The second-order valence-corrected chi connectivity index (χ2v) is 9.00. The van der Waals surface area contributed by atoms with Crippen LogP contribution in [0.1, 0.15) is 36.5 Å². The molecule has 138 valence electrons. The Morgan fingerprint density at radius 2 is 1.73 bits per heavy atom. The molecule has 2 aromatic carbocycles. The molecule has 0 saturated carbocycles. The van der Waals surface area contributed by atoms with Gasteiger partial charge in [-0.1, -0.05) is 48.9 Å². The molecular formula is C22H27NO2S. The van der Waals surface area contributed by atoms with E-state index < -0.39 is 10.0 Å². The van der Waals surface area contributed by atoms with Crippen LogP contribution in [0.4, 0.5) is 0 Å². The van der Waals surface area contributed by atoms with Gasteiger partial charge in [-0.05, 0) is 61.9 Å². The van der Waals surface area contributed by atoms with E-state index in [-0.39, 0.29) is 0 Å². The number of hydrogen-bond acceptors (Lipinski definition) is 2. The minimum atomic E-state index is -3.47. The van der Waals surface area contributed by atoms with Crippen LogP contribution in [-0.2, 0) is 16.4 Å². The average Bonchev–Trinajstić information content (AvgIpc) is 3.05. The summed E-state index contributed by atoms with van der Waals surface area (Å²) in [6, 6.07) is 15.5. The van der Waals surface area contributed by atoms with Gasteiger partial charge >= 0.3 is 0 Å². The van der Waals surface area contributed by atoms with Crippen LogP contribution in [0.15, 0.2) is 65.2 Å². The summed E-state index contributed by atoms with van der Waals surface area (Å²) < 4.78 is 27.5. The summed E-state index contributed by atoms with van der Waals surface area (Å²) >= 11 is 0. The molecule has 2 aromatic rings. The van der Waals surface area contributed by atoms with Gasteiger partial charge in [0, 0.05) is 18.7 Å². The Morgan fingerprint density at radius 3 is 2.38 bits per heavy atom. The fourth-order valence-corrected chi connectivity index (χ4v) is 4.97. The van der Waals surface area contributed by atoms with Crippen molar-refractivity contribution in [3.8, 4) is 0 Å². The van der Waals surface area contributed by atoms with E-state index in [0.29, 0.717) is 17.4 Å². The summed E-state index contributed by atoms with van der Waals surface area (Å²) in [6.07, 6.45) is 4.70. The van der Waals surface area contributed by atoms with E-state index in [4.69, 9.17) is 0 Å². The van der Waals surface area contributed by atoms with E-state index in [1.807, 2.05) is 25.3 Å². The van der Waals surface area contributed by atoms with E-state index >= 15 is 0 Å². The number of rotatable bonds is 6. The highest BCUT2D eigenvalue weighted by atomic mass is 32.2. The maximum atomic E-state index is 13.0. The van der Waals surface area contributed by atoms with Gasteiger partial charge in [0.1, 0.15) is 0 Å². The minimum absolute atomic E-state index is 0.292. The zero-order chi connectivity index (χ0) is 18.7. The second-order valence-electron chi connectivity index (χ2n) is 7.11. The summed E-state index contributed by atoms with van der Waals surface area (Å²) in [6.45, 7) is 6.75. The average molecular weight is 370 g/mol. The highest BCUT2D eigenvalue weighted by molar-refractivity contribution is 7.89. The molecule has 1 aliphatic rings. The van der Waals surface area contributed by atoms with Crippen molar-refractivity contribution in [3.63, 3.8) is 0 Å². The molecule has 4 heteroatoms. The van der Waals surface area contributed by atoms with Gasteiger partial charge in [-0.15, -0.1) is 0 Å². The second kappa shape index (κ2) is 7.67. The van der Waals surface area contributed by atoms with Gasteiger partial charge in [-0.25, -0.2) is 8.42 Å². The third kappa shape index (κ3) is 3.85. The minimum Gasteiger partial charge on any atom is -0.273 e. The van der Waals surface area contributed by atoms with E-state index in [0.717, 1.165) is 24.8 Å². The maximum Gasteiger partial charge on any atom is 0.263 e. The molecule has 1 unspecified atom stereocenters. The summed E-state index contributed by atoms with van der Waals surface area (Å²) in [7, 11) is -3.47. The Balaban J connectivity index is 1.75. The summed E-state index contributed by atoms with van der Waals surface area (Å²) in [5.74, 6) is 0.292. The molecule has 3 nitrogen and oxygen atoms in total. The molecule has 0 aromatic heterocycles. The summed E-state index contributed by atoms with van der Waals surface area (Å²) in [4.78, 5) is 0.370. The molecular weight excluding hydrogens is 342 g/mol. The quantitative estimate of drug-likeness (QED) is 0.730. The SMILES string of the molecule is CCC1=CN(S(=O)(=O)c2ccc(C)cc2)CC1CCc1ccccc1C. The lowest BCUT2D eigenvalue weighted by Gasteiger charge is -2.19. The van der Waals surface area contributed by atoms with Crippen molar-refractivity contribution < 1.29 is 8.42 Å². The van der Waals surface area contributed by atoms with Gasteiger partial charge in [0.15, 0.2) is 0 Å². The fraction of sp³-hybridized carbons (Fsp3) is 0.364. The molecule has 0 bridgehead atoms. The normalized spacial score (nSPS) is 17.4. The topological polar surface area (TPSA) is 37.4 Å². The van der Waals surface area contributed by atoms with Gasteiger partial charge in [-0.3, -0.25) is 4.31 Å². The fourth-order valence-electron chi connectivity index (χ4n) is 3.57. The van der Waals surface area contributed by atoms with Crippen LogP contribution in [0.3, 0.4) is 0 Å². The van der Waals surface area contributed by atoms with Crippen molar-refractivity contribution in [1.82, 2.24) is 4.31 Å². The predicted octanol–water partition coefficient (Wildman–Crippen LogP) is 4.85. The van der Waals surface area contributed by atoms with E-state index in [9.17, 15) is 8.42 Å². The molecule has 0 spiro atoms. The zero-order valence-corrected chi connectivity index (χ0v) is 16.6. The van der Waals surface area contributed by atoms with Crippen molar-refractivity contribution in [2.45, 2.75) is 44.9 Å². The molecule has 0 N–H and O–H groups in total. The van der Waals surface area contributed by atoms with Crippen LogP contribution in [0, 0.1) is 19.8 Å². The number of sulfonamides is 1. The number of aryl methyl sites for hydroxylation is 3.